The molecule has 0 aliphatic carbocycles. The SMILES string of the molecule is CCCOc1ccc(NC(=O)N2CCN(c3ncnc4cc(OCCCN5CCCC5)ccc34)CC2)cc1. The molecule has 2 fully saturated rings. The second-order valence-electron chi connectivity index (χ2n) is 9.90. The zero-order valence-corrected chi connectivity index (χ0v) is 22.3. The number of nitrogens with one attached hydrogen (secondary N) is 1. The lowest BCUT2D eigenvalue weighted by atomic mass is 10.2. The van der Waals surface area contributed by atoms with E-state index in [1.165, 1.54) is 25.9 Å². The number of anilines is 2. The highest BCUT2D eigenvalue weighted by molar-refractivity contribution is 5.91. The van der Waals surface area contributed by atoms with Crippen LogP contribution >= 0.6 is 0 Å². The molecular weight excluding hydrogens is 480 g/mol. The molecule has 0 saturated carbocycles. The van der Waals surface area contributed by atoms with Gasteiger partial charge in [-0.15, -0.1) is 0 Å². The number of urea groups is 1. The van der Waals surface area contributed by atoms with E-state index in [1.807, 2.05) is 47.4 Å². The van der Waals surface area contributed by atoms with Crippen LogP contribution in [0.25, 0.3) is 10.9 Å². The van der Waals surface area contributed by atoms with Gasteiger partial charge in [0.1, 0.15) is 23.6 Å². The maximum atomic E-state index is 12.8. The number of fused-ring (bicyclic) bond motifs is 1. The molecule has 2 aliphatic rings. The van der Waals surface area contributed by atoms with Crippen LogP contribution < -0.4 is 19.7 Å². The smallest absolute Gasteiger partial charge is 0.321 e. The number of piperazine rings is 1. The molecule has 0 spiro atoms. The van der Waals surface area contributed by atoms with E-state index in [1.54, 1.807) is 6.33 Å². The quantitative estimate of drug-likeness (QED) is 0.392. The van der Waals surface area contributed by atoms with Crippen LogP contribution in [0.3, 0.4) is 0 Å². The number of ether oxygens (including phenoxy) is 2. The van der Waals surface area contributed by atoms with E-state index >= 15 is 0 Å². The number of hydrogen-bond acceptors (Lipinski definition) is 7. The Morgan fingerprint density at radius 1 is 0.895 bits per heavy atom. The first-order valence-corrected chi connectivity index (χ1v) is 13.8. The molecule has 202 valence electrons. The van der Waals surface area contributed by atoms with Gasteiger partial charge in [0.2, 0.25) is 0 Å². The van der Waals surface area contributed by atoms with Gasteiger partial charge in [-0.25, -0.2) is 14.8 Å². The highest BCUT2D eigenvalue weighted by Gasteiger charge is 2.23. The fourth-order valence-corrected chi connectivity index (χ4v) is 5.03. The van der Waals surface area contributed by atoms with Gasteiger partial charge in [0.05, 0.1) is 18.7 Å². The van der Waals surface area contributed by atoms with E-state index in [-0.39, 0.29) is 6.03 Å². The van der Waals surface area contributed by atoms with Gasteiger partial charge in [-0.3, -0.25) is 0 Å². The molecule has 1 aromatic heterocycles. The van der Waals surface area contributed by atoms with E-state index in [0.717, 1.165) is 53.3 Å². The highest BCUT2D eigenvalue weighted by Crippen LogP contribution is 2.27. The second kappa shape index (κ2) is 12.8. The summed E-state index contributed by atoms with van der Waals surface area (Å²) in [6, 6.07) is 13.5. The first-order chi connectivity index (χ1) is 18.7. The lowest BCUT2D eigenvalue weighted by molar-refractivity contribution is 0.208. The molecule has 2 aliphatic heterocycles. The van der Waals surface area contributed by atoms with Crippen molar-refractivity contribution in [3.63, 3.8) is 0 Å². The third kappa shape index (κ3) is 6.64. The van der Waals surface area contributed by atoms with E-state index in [0.29, 0.717) is 39.4 Å². The lowest BCUT2D eigenvalue weighted by Gasteiger charge is -2.35. The van der Waals surface area contributed by atoms with Gasteiger partial charge in [-0.1, -0.05) is 6.92 Å². The van der Waals surface area contributed by atoms with E-state index in [4.69, 9.17) is 9.47 Å². The van der Waals surface area contributed by atoms with E-state index < -0.39 is 0 Å². The predicted octanol–water partition coefficient (Wildman–Crippen LogP) is 4.64. The van der Waals surface area contributed by atoms with Crippen molar-refractivity contribution in [1.29, 1.82) is 0 Å². The summed E-state index contributed by atoms with van der Waals surface area (Å²) in [4.78, 5) is 28.5. The van der Waals surface area contributed by atoms with Gasteiger partial charge in [0.15, 0.2) is 0 Å². The number of benzene rings is 2. The average molecular weight is 519 g/mol. The van der Waals surface area contributed by atoms with Crippen molar-refractivity contribution >= 4 is 28.4 Å². The standard InChI is InChI=1S/C29H38N6O3/c1-2-19-37-24-8-6-23(7-9-24)32-29(36)35-17-15-34(16-18-35)28-26-11-10-25(21-27(26)30-22-31-28)38-20-5-14-33-12-3-4-13-33/h6-11,21-22H,2-5,12-20H2,1H3,(H,32,36). The zero-order valence-electron chi connectivity index (χ0n) is 22.3. The molecule has 2 amide bonds. The van der Waals surface area contributed by atoms with Gasteiger partial charge < -0.3 is 29.5 Å². The molecule has 5 rings (SSSR count). The molecule has 2 saturated heterocycles. The van der Waals surface area contributed by atoms with Crippen molar-refractivity contribution in [3.8, 4) is 11.5 Å². The van der Waals surface area contributed by atoms with Gasteiger partial charge in [0.25, 0.3) is 0 Å². The fraction of sp³-hybridized carbons (Fsp3) is 0.483. The summed E-state index contributed by atoms with van der Waals surface area (Å²) in [6.07, 6.45) is 6.24. The fourth-order valence-electron chi connectivity index (χ4n) is 5.03. The van der Waals surface area contributed by atoms with Crippen LogP contribution in [0.2, 0.25) is 0 Å². The third-order valence-electron chi connectivity index (χ3n) is 7.12. The van der Waals surface area contributed by atoms with Crippen LogP contribution in [0, 0.1) is 0 Å². The summed E-state index contributed by atoms with van der Waals surface area (Å²) in [5.74, 6) is 2.56. The maximum absolute atomic E-state index is 12.8. The van der Waals surface area contributed by atoms with Crippen LogP contribution in [-0.4, -0.2) is 84.8 Å². The first-order valence-electron chi connectivity index (χ1n) is 13.8. The van der Waals surface area contributed by atoms with Crippen LogP contribution in [0.1, 0.15) is 32.6 Å². The Hall–Kier alpha value is -3.59. The molecule has 3 heterocycles. The Morgan fingerprint density at radius 2 is 1.63 bits per heavy atom. The van der Waals surface area contributed by atoms with Crippen LogP contribution in [-0.2, 0) is 0 Å². The molecule has 3 aromatic rings. The van der Waals surface area contributed by atoms with Crippen molar-refractivity contribution in [2.75, 3.05) is 69.2 Å². The van der Waals surface area contributed by atoms with Crippen LogP contribution in [0.15, 0.2) is 48.8 Å². The molecule has 0 unspecified atom stereocenters. The molecule has 0 atom stereocenters. The average Bonchev–Trinajstić information content (AvgIpc) is 3.48. The molecule has 38 heavy (non-hydrogen) atoms. The Labute approximate surface area is 224 Å². The van der Waals surface area contributed by atoms with Gasteiger partial charge in [-0.05, 0) is 75.2 Å². The Morgan fingerprint density at radius 3 is 2.39 bits per heavy atom. The van der Waals surface area contributed by atoms with E-state index in [9.17, 15) is 4.79 Å². The predicted molar refractivity (Wildman–Crippen MR) is 150 cm³/mol. The van der Waals surface area contributed by atoms with Crippen molar-refractivity contribution in [3.05, 3.63) is 48.8 Å². The Kier molecular flexibility index (Phi) is 8.75. The number of amides is 2. The summed E-state index contributed by atoms with van der Waals surface area (Å²) in [5.41, 5.74) is 1.63. The zero-order chi connectivity index (χ0) is 26.2. The minimum Gasteiger partial charge on any atom is -0.494 e. The number of likely N-dealkylation sites (tertiary alicyclic amines) is 1. The van der Waals surface area contributed by atoms with Crippen LogP contribution in [0.4, 0.5) is 16.3 Å². The molecule has 9 heteroatoms. The summed E-state index contributed by atoms with van der Waals surface area (Å²) in [5, 5.41) is 3.99. The largest absolute Gasteiger partial charge is 0.494 e. The van der Waals surface area contributed by atoms with Crippen molar-refractivity contribution in [2.45, 2.75) is 32.6 Å². The normalized spacial score (nSPS) is 16.1. The van der Waals surface area contributed by atoms with Crippen molar-refractivity contribution < 1.29 is 14.3 Å². The summed E-state index contributed by atoms with van der Waals surface area (Å²) < 4.78 is 11.6. The number of rotatable bonds is 10. The lowest BCUT2D eigenvalue weighted by Crippen LogP contribution is -2.50. The minimum atomic E-state index is -0.0917. The highest BCUT2D eigenvalue weighted by atomic mass is 16.5. The summed E-state index contributed by atoms with van der Waals surface area (Å²) in [6.45, 7) is 9.66. The second-order valence-corrected chi connectivity index (χ2v) is 9.90. The topological polar surface area (TPSA) is 83.1 Å². The van der Waals surface area contributed by atoms with E-state index in [2.05, 4.69) is 32.0 Å². The molecule has 2 aromatic carbocycles. The van der Waals surface area contributed by atoms with Crippen molar-refractivity contribution in [2.24, 2.45) is 0 Å². The Bertz CT molecular complexity index is 1190. The molecule has 0 radical (unpaired) electrons. The summed E-state index contributed by atoms with van der Waals surface area (Å²) in [7, 11) is 0. The van der Waals surface area contributed by atoms with Gasteiger partial charge in [-0.2, -0.15) is 0 Å². The van der Waals surface area contributed by atoms with Crippen molar-refractivity contribution in [1.82, 2.24) is 19.8 Å². The van der Waals surface area contributed by atoms with Gasteiger partial charge >= 0.3 is 6.03 Å². The Balaban J connectivity index is 1.12. The number of hydrogen-bond donors (Lipinski definition) is 1. The monoisotopic (exact) mass is 518 g/mol. The molecule has 0 bridgehead atoms. The summed E-state index contributed by atoms with van der Waals surface area (Å²) >= 11 is 0. The van der Waals surface area contributed by atoms with Gasteiger partial charge in [0, 0.05) is 49.9 Å². The third-order valence-corrected chi connectivity index (χ3v) is 7.12. The maximum Gasteiger partial charge on any atom is 0.321 e. The number of carbonyl (C=O) groups excluding carboxylic acids is 1. The molecule has 9 nitrogen and oxygen atoms in total. The molecule has 1 N–H and O–H groups in total. The first kappa shape index (κ1) is 26.0. The molecular formula is C29H38N6O3. The number of nitrogens with zero attached hydrogens (tertiary/aromatic N) is 5. The number of carbonyl (C=O) groups is 1. The number of aromatic nitrogens is 2. The minimum absolute atomic E-state index is 0.0917. The van der Waals surface area contributed by atoms with Crippen LogP contribution in [0.5, 0.6) is 11.5 Å².